The minimum Gasteiger partial charge on any atom is -0.356 e. The van der Waals surface area contributed by atoms with Gasteiger partial charge in [-0.15, -0.1) is 10.2 Å². The molecule has 0 aliphatic carbocycles. The molecule has 2 heterocycles. The van der Waals surface area contributed by atoms with E-state index in [9.17, 15) is 0 Å². The van der Waals surface area contributed by atoms with E-state index in [1.165, 1.54) is 5.56 Å². The van der Waals surface area contributed by atoms with E-state index in [1.807, 2.05) is 36.0 Å². The Morgan fingerprint density at radius 1 is 1.13 bits per heavy atom. The highest BCUT2D eigenvalue weighted by molar-refractivity contribution is 7.15. The average Bonchev–Trinajstić information content (AvgIpc) is 3.14. The lowest BCUT2D eigenvalue weighted by atomic mass is 9.98. The standard InChI is InChI=1S/C17H21N5S/c1-12-9-10-22(21-12)14-8-6-5-7-13(14)11-18-16-20-19-15(23-16)17(2,3)4/h5-10H,11H2,1-4H3,(H,18,20). The number of hydrogen-bond donors (Lipinski definition) is 1. The summed E-state index contributed by atoms with van der Waals surface area (Å²) in [5.41, 5.74) is 3.28. The Labute approximate surface area is 140 Å². The summed E-state index contributed by atoms with van der Waals surface area (Å²) < 4.78 is 1.91. The third kappa shape index (κ3) is 3.59. The van der Waals surface area contributed by atoms with E-state index >= 15 is 0 Å². The minimum atomic E-state index is 0.0299. The quantitative estimate of drug-likeness (QED) is 0.788. The van der Waals surface area contributed by atoms with E-state index in [0.29, 0.717) is 6.54 Å². The van der Waals surface area contributed by atoms with E-state index < -0.39 is 0 Å². The molecule has 3 rings (SSSR count). The molecule has 0 aliphatic rings. The average molecular weight is 327 g/mol. The summed E-state index contributed by atoms with van der Waals surface area (Å²) >= 11 is 1.61. The van der Waals surface area contributed by atoms with Crippen LogP contribution in [0.4, 0.5) is 5.13 Å². The zero-order valence-corrected chi connectivity index (χ0v) is 14.7. The maximum Gasteiger partial charge on any atom is 0.205 e. The SMILES string of the molecule is Cc1ccn(-c2ccccc2CNc2nnc(C(C)(C)C)s2)n1. The van der Waals surface area contributed by atoms with Crippen LogP contribution in [0.5, 0.6) is 0 Å². The van der Waals surface area contributed by atoms with Gasteiger partial charge in [-0.25, -0.2) is 4.68 Å². The van der Waals surface area contributed by atoms with Crippen molar-refractivity contribution in [2.24, 2.45) is 0 Å². The first kappa shape index (κ1) is 15.7. The summed E-state index contributed by atoms with van der Waals surface area (Å²) in [5.74, 6) is 0. The zero-order valence-electron chi connectivity index (χ0n) is 13.9. The van der Waals surface area contributed by atoms with Crippen LogP contribution in [0, 0.1) is 6.92 Å². The molecule has 120 valence electrons. The molecule has 0 atom stereocenters. The number of nitrogens with one attached hydrogen (secondary N) is 1. The molecule has 0 spiro atoms. The number of nitrogens with zero attached hydrogens (tertiary/aromatic N) is 4. The highest BCUT2D eigenvalue weighted by atomic mass is 32.1. The van der Waals surface area contributed by atoms with Crippen molar-refractivity contribution in [1.29, 1.82) is 0 Å². The van der Waals surface area contributed by atoms with Crippen molar-refractivity contribution in [2.45, 2.75) is 39.7 Å². The first-order valence-electron chi connectivity index (χ1n) is 7.62. The van der Waals surface area contributed by atoms with Gasteiger partial charge in [-0.3, -0.25) is 0 Å². The predicted octanol–water partition coefficient (Wildman–Crippen LogP) is 3.94. The van der Waals surface area contributed by atoms with Crippen LogP contribution in [0.3, 0.4) is 0 Å². The van der Waals surface area contributed by atoms with Crippen molar-refractivity contribution < 1.29 is 0 Å². The Morgan fingerprint density at radius 2 is 1.91 bits per heavy atom. The molecular weight excluding hydrogens is 306 g/mol. The fourth-order valence-electron chi connectivity index (χ4n) is 2.20. The first-order chi connectivity index (χ1) is 10.9. The topological polar surface area (TPSA) is 55.6 Å². The smallest absolute Gasteiger partial charge is 0.205 e. The first-order valence-corrected chi connectivity index (χ1v) is 8.43. The van der Waals surface area contributed by atoms with Gasteiger partial charge in [0, 0.05) is 18.2 Å². The molecule has 0 bridgehead atoms. The second-order valence-corrected chi connectivity index (χ2v) is 7.52. The van der Waals surface area contributed by atoms with Gasteiger partial charge in [0.2, 0.25) is 5.13 Å². The van der Waals surface area contributed by atoms with Gasteiger partial charge < -0.3 is 5.32 Å². The van der Waals surface area contributed by atoms with E-state index in [1.54, 1.807) is 11.3 Å². The summed E-state index contributed by atoms with van der Waals surface area (Å²) in [5, 5.41) is 18.3. The van der Waals surface area contributed by atoms with Crippen LogP contribution < -0.4 is 5.32 Å². The Hall–Kier alpha value is -2.21. The third-order valence-electron chi connectivity index (χ3n) is 3.46. The number of anilines is 1. The summed E-state index contributed by atoms with van der Waals surface area (Å²) in [6, 6.07) is 10.2. The molecule has 0 amide bonds. The van der Waals surface area contributed by atoms with E-state index in [0.717, 1.165) is 21.5 Å². The van der Waals surface area contributed by atoms with E-state index in [2.05, 4.69) is 53.5 Å². The monoisotopic (exact) mass is 327 g/mol. The lowest BCUT2D eigenvalue weighted by Crippen LogP contribution is -2.10. The molecule has 5 nitrogen and oxygen atoms in total. The lowest BCUT2D eigenvalue weighted by Gasteiger charge is -2.12. The molecule has 23 heavy (non-hydrogen) atoms. The summed E-state index contributed by atoms with van der Waals surface area (Å²) in [6.45, 7) is 9.12. The molecule has 1 aromatic carbocycles. The van der Waals surface area contributed by atoms with Crippen LogP contribution in [-0.4, -0.2) is 20.0 Å². The molecule has 0 radical (unpaired) electrons. The maximum absolute atomic E-state index is 4.50. The van der Waals surface area contributed by atoms with Crippen molar-refractivity contribution in [1.82, 2.24) is 20.0 Å². The molecule has 0 aliphatic heterocycles. The van der Waals surface area contributed by atoms with Crippen LogP contribution in [0.25, 0.3) is 5.69 Å². The highest BCUT2D eigenvalue weighted by Crippen LogP contribution is 2.28. The highest BCUT2D eigenvalue weighted by Gasteiger charge is 2.19. The van der Waals surface area contributed by atoms with E-state index in [4.69, 9.17) is 0 Å². The number of para-hydroxylation sites is 1. The van der Waals surface area contributed by atoms with Crippen molar-refractivity contribution in [3.8, 4) is 5.69 Å². The molecule has 0 saturated carbocycles. The van der Waals surface area contributed by atoms with Gasteiger partial charge in [0.1, 0.15) is 5.01 Å². The Kier molecular flexibility index (Phi) is 4.17. The van der Waals surface area contributed by atoms with Gasteiger partial charge in [-0.05, 0) is 24.6 Å². The van der Waals surface area contributed by atoms with Crippen LogP contribution in [0.2, 0.25) is 0 Å². The predicted molar refractivity (Wildman–Crippen MR) is 94.2 cm³/mol. The number of aryl methyl sites for hydroxylation is 1. The Bertz CT molecular complexity index is 797. The molecule has 0 fully saturated rings. The van der Waals surface area contributed by atoms with Crippen molar-refractivity contribution in [2.75, 3.05) is 5.32 Å². The van der Waals surface area contributed by atoms with Crippen molar-refractivity contribution >= 4 is 16.5 Å². The number of rotatable bonds is 4. The van der Waals surface area contributed by atoms with Gasteiger partial charge in [0.15, 0.2) is 0 Å². The fraction of sp³-hybridized carbons (Fsp3) is 0.353. The molecular formula is C17H21N5S. The molecule has 0 saturated heterocycles. The van der Waals surface area contributed by atoms with Gasteiger partial charge in [-0.1, -0.05) is 50.3 Å². The molecule has 3 aromatic rings. The van der Waals surface area contributed by atoms with Crippen LogP contribution in [0.1, 0.15) is 37.0 Å². The van der Waals surface area contributed by atoms with Gasteiger partial charge in [0.05, 0.1) is 11.4 Å². The minimum absolute atomic E-state index is 0.0299. The fourth-order valence-corrected chi connectivity index (χ4v) is 3.00. The van der Waals surface area contributed by atoms with Crippen LogP contribution >= 0.6 is 11.3 Å². The van der Waals surface area contributed by atoms with Crippen LogP contribution in [0.15, 0.2) is 36.5 Å². The second kappa shape index (κ2) is 6.12. The largest absolute Gasteiger partial charge is 0.356 e. The van der Waals surface area contributed by atoms with E-state index in [-0.39, 0.29) is 5.41 Å². The number of aromatic nitrogens is 4. The zero-order chi connectivity index (χ0) is 16.4. The van der Waals surface area contributed by atoms with Crippen molar-refractivity contribution in [3.63, 3.8) is 0 Å². The van der Waals surface area contributed by atoms with Gasteiger partial charge in [0.25, 0.3) is 0 Å². The number of benzene rings is 1. The summed E-state index contributed by atoms with van der Waals surface area (Å²) in [4.78, 5) is 0. The van der Waals surface area contributed by atoms with Gasteiger partial charge in [-0.2, -0.15) is 5.10 Å². The molecule has 2 aromatic heterocycles. The van der Waals surface area contributed by atoms with Crippen molar-refractivity contribution in [3.05, 3.63) is 52.8 Å². The second-order valence-electron chi connectivity index (χ2n) is 6.55. The Balaban J connectivity index is 1.78. The molecule has 1 N–H and O–H groups in total. The third-order valence-corrected chi connectivity index (χ3v) is 4.76. The summed E-state index contributed by atoms with van der Waals surface area (Å²) in [7, 11) is 0. The summed E-state index contributed by atoms with van der Waals surface area (Å²) in [6.07, 6.45) is 1.98. The lowest BCUT2D eigenvalue weighted by molar-refractivity contribution is 0.578. The normalized spacial score (nSPS) is 11.7. The van der Waals surface area contributed by atoms with Crippen LogP contribution in [-0.2, 0) is 12.0 Å². The molecule has 0 unspecified atom stereocenters. The number of hydrogen-bond acceptors (Lipinski definition) is 5. The Morgan fingerprint density at radius 3 is 2.57 bits per heavy atom. The maximum atomic E-state index is 4.50. The molecule has 6 heteroatoms. The van der Waals surface area contributed by atoms with Gasteiger partial charge >= 0.3 is 0 Å².